The Morgan fingerprint density at radius 1 is 1.02 bits per heavy atom. The third kappa shape index (κ3) is 9.17. The van der Waals surface area contributed by atoms with Crippen molar-refractivity contribution in [1.29, 1.82) is 0 Å². The first-order valence-corrected chi connectivity index (χ1v) is 14.9. The summed E-state index contributed by atoms with van der Waals surface area (Å²) in [5.41, 5.74) is -0.694. The van der Waals surface area contributed by atoms with Crippen LogP contribution < -0.4 is 10.1 Å². The third-order valence-electron chi connectivity index (χ3n) is 6.54. The number of carbonyl (C=O) groups is 2. The quantitative estimate of drug-likeness (QED) is 0.169. The molecule has 11 nitrogen and oxygen atoms in total. The van der Waals surface area contributed by atoms with E-state index in [-0.39, 0.29) is 5.96 Å². The lowest BCUT2D eigenvalue weighted by Gasteiger charge is -2.27. The molecule has 232 valence electrons. The van der Waals surface area contributed by atoms with Gasteiger partial charge in [-0.1, -0.05) is 43.1 Å². The van der Waals surface area contributed by atoms with E-state index in [1.54, 1.807) is 46.4 Å². The molecule has 0 aliphatic carbocycles. The minimum atomic E-state index is -0.832. The van der Waals surface area contributed by atoms with Gasteiger partial charge in [-0.05, 0) is 89.8 Å². The lowest BCUT2D eigenvalue weighted by Crippen LogP contribution is -2.46. The van der Waals surface area contributed by atoms with Crippen molar-refractivity contribution >= 4 is 28.9 Å². The van der Waals surface area contributed by atoms with Crippen molar-refractivity contribution in [2.24, 2.45) is 4.99 Å². The Morgan fingerprint density at radius 3 is 2.47 bits per heavy atom. The van der Waals surface area contributed by atoms with Crippen molar-refractivity contribution in [1.82, 2.24) is 20.4 Å². The van der Waals surface area contributed by atoms with Crippen LogP contribution in [0.4, 0.5) is 9.59 Å². The van der Waals surface area contributed by atoms with Crippen LogP contribution in [0.3, 0.4) is 0 Å². The maximum Gasteiger partial charge on any atom is 0.437 e. The molecule has 11 heteroatoms. The number of unbranched alkanes of at least 4 members (excludes halogenated alkanes) is 2. The summed E-state index contributed by atoms with van der Waals surface area (Å²) in [4.78, 5) is 35.9. The van der Waals surface area contributed by atoms with Crippen molar-refractivity contribution in [3.8, 4) is 17.1 Å². The van der Waals surface area contributed by atoms with E-state index >= 15 is 0 Å². The number of amides is 2. The van der Waals surface area contributed by atoms with Crippen molar-refractivity contribution in [3.63, 3.8) is 0 Å². The second kappa shape index (κ2) is 13.4. The number of aromatic nitrogens is 2. The SMILES string of the molecule is CCCCCOc1ccc2cc(-c3noc([C@@H]4CCCN4/C(=N/C(=O)OC(C)(C)C)NC(=O)OC(C)(C)C)n3)ccc2c1. The van der Waals surface area contributed by atoms with Crippen molar-refractivity contribution < 1.29 is 28.3 Å². The fraction of sp³-hybridized carbons (Fsp3) is 0.531. The van der Waals surface area contributed by atoms with Gasteiger partial charge in [-0.15, -0.1) is 4.99 Å². The van der Waals surface area contributed by atoms with Crippen LogP contribution in [0.5, 0.6) is 5.75 Å². The minimum absolute atomic E-state index is 0.00386. The molecule has 0 radical (unpaired) electrons. The zero-order chi connectivity index (χ0) is 31.2. The van der Waals surface area contributed by atoms with Gasteiger partial charge in [-0.3, -0.25) is 5.32 Å². The van der Waals surface area contributed by atoms with Gasteiger partial charge in [-0.25, -0.2) is 9.59 Å². The molecule has 1 saturated heterocycles. The van der Waals surface area contributed by atoms with Crippen LogP contribution in [-0.2, 0) is 9.47 Å². The molecule has 0 bridgehead atoms. The van der Waals surface area contributed by atoms with Crippen molar-refractivity contribution in [3.05, 3.63) is 42.3 Å². The number of carbonyl (C=O) groups excluding carboxylic acids is 2. The van der Waals surface area contributed by atoms with E-state index in [0.717, 1.165) is 47.8 Å². The summed E-state index contributed by atoms with van der Waals surface area (Å²) in [5.74, 6) is 1.65. The number of benzene rings is 2. The number of rotatable bonds is 7. The summed E-state index contributed by atoms with van der Waals surface area (Å²) in [7, 11) is 0. The highest BCUT2D eigenvalue weighted by Gasteiger charge is 2.35. The molecule has 1 atom stereocenters. The van der Waals surface area contributed by atoms with Crippen molar-refractivity contribution in [2.45, 2.75) is 97.8 Å². The van der Waals surface area contributed by atoms with Crippen LogP contribution >= 0.6 is 0 Å². The number of fused-ring (bicyclic) bond motifs is 1. The number of hydrogen-bond acceptors (Lipinski definition) is 8. The first-order valence-electron chi connectivity index (χ1n) is 14.9. The fourth-order valence-corrected chi connectivity index (χ4v) is 4.69. The van der Waals surface area contributed by atoms with Crippen LogP contribution in [0, 0.1) is 0 Å². The molecule has 1 aromatic heterocycles. The number of aliphatic imine (C=N–C) groups is 1. The van der Waals surface area contributed by atoms with Crippen molar-refractivity contribution in [2.75, 3.05) is 13.2 Å². The maximum atomic E-state index is 12.7. The molecule has 1 aliphatic rings. The fourth-order valence-electron chi connectivity index (χ4n) is 4.69. The Morgan fingerprint density at radius 2 is 1.74 bits per heavy atom. The van der Waals surface area contributed by atoms with Crippen LogP contribution in [-0.4, -0.2) is 57.5 Å². The van der Waals surface area contributed by atoms with E-state index < -0.39 is 29.4 Å². The standard InChI is InChI=1S/C32H43N5O6/c1-8-9-10-18-40-24-16-15-21-19-23(14-13-22(21)20-24)26-33-27(43-36-26)25-12-11-17-37(25)28(34-29(38)41-31(2,3)4)35-30(39)42-32(5,6)7/h13-16,19-20,25H,8-12,17-18H2,1-7H3,(H,34,35,38,39)/t25-/m0/s1. The molecule has 0 unspecified atom stereocenters. The van der Waals surface area contributed by atoms with Gasteiger partial charge >= 0.3 is 12.2 Å². The van der Waals surface area contributed by atoms with Crippen LogP contribution in [0.2, 0.25) is 0 Å². The zero-order valence-corrected chi connectivity index (χ0v) is 26.2. The number of ether oxygens (including phenoxy) is 3. The Hall–Kier alpha value is -4.15. The monoisotopic (exact) mass is 593 g/mol. The topological polar surface area (TPSA) is 128 Å². The van der Waals surface area contributed by atoms with Gasteiger partial charge in [0.15, 0.2) is 0 Å². The third-order valence-corrected chi connectivity index (χ3v) is 6.54. The number of alkyl carbamates (subject to hydrolysis) is 1. The largest absolute Gasteiger partial charge is 0.494 e. The van der Waals surface area contributed by atoms with Gasteiger partial charge in [-0.2, -0.15) is 4.98 Å². The van der Waals surface area contributed by atoms with E-state index in [0.29, 0.717) is 31.3 Å². The first kappa shape index (κ1) is 31.8. The molecule has 4 rings (SSSR count). The minimum Gasteiger partial charge on any atom is -0.494 e. The highest BCUT2D eigenvalue weighted by Crippen LogP contribution is 2.33. The molecule has 2 heterocycles. The van der Waals surface area contributed by atoms with Crippen LogP contribution in [0.1, 0.15) is 92.5 Å². The molecule has 1 aliphatic heterocycles. The molecule has 1 fully saturated rings. The smallest absolute Gasteiger partial charge is 0.437 e. The second-order valence-corrected chi connectivity index (χ2v) is 12.6. The first-order chi connectivity index (χ1) is 20.3. The highest BCUT2D eigenvalue weighted by atomic mass is 16.6. The normalized spacial score (nSPS) is 15.9. The van der Waals surface area contributed by atoms with E-state index in [1.165, 1.54) is 0 Å². The van der Waals surface area contributed by atoms with Gasteiger partial charge in [0.05, 0.1) is 6.61 Å². The highest BCUT2D eigenvalue weighted by molar-refractivity contribution is 5.99. The molecule has 0 spiro atoms. The lowest BCUT2D eigenvalue weighted by atomic mass is 10.1. The van der Waals surface area contributed by atoms with Gasteiger partial charge in [0.1, 0.15) is 23.0 Å². The molecule has 0 saturated carbocycles. The Kier molecular flexibility index (Phi) is 9.93. The molecule has 2 aromatic carbocycles. The maximum absolute atomic E-state index is 12.7. The number of nitrogens with zero attached hydrogens (tertiary/aromatic N) is 4. The van der Waals surface area contributed by atoms with E-state index in [4.69, 9.17) is 23.7 Å². The Balaban J connectivity index is 1.54. The predicted octanol–water partition coefficient (Wildman–Crippen LogP) is 7.41. The molecular weight excluding hydrogens is 550 g/mol. The van der Waals surface area contributed by atoms with Gasteiger partial charge in [0, 0.05) is 12.1 Å². The van der Waals surface area contributed by atoms with Crippen LogP contribution in [0.25, 0.3) is 22.2 Å². The number of hydrogen-bond donors (Lipinski definition) is 1. The zero-order valence-electron chi connectivity index (χ0n) is 26.2. The number of likely N-dealkylation sites (tertiary alicyclic amines) is 1. The van der Waals surface area contributed by atoms with Gasteiger partial charge in [0.2, 0.25) is 17.7 Å². The Labute approximate surface area is 253 Å². The Bertz CT molecular complexity index is 1450. The van der Waals surface area contributed by atoms with Crippen LogP contribution in [0.15, 0.2) is 45.9 Å². The summed E-state index contributed by atoms with van der Waals surface area (Å²) >= 11 is 0. The summed E-state index contributed by atoms with van der Waals surface area (Å²) in [6.45, 7) is 13.9. The molecule has 1 N–H and O–H groups in total. The summed E-state index contributed by atoms with van der Waals surface area (Å²) in [6.07, 6.45) is 3.19. The van der Waals surface area contributed by atoms with E-state index in [9.17, 15) is 9.59 Å². The van der Waals surface area contributed by atoms with Gasteiger partial charge in [0.25, 0.3) is 0 Å². The predicted molar refractivity (Wildman–Crippen MR) is 164 cm³/mol. The van der Waals surface area contributed by atoms with Gasteiger partial charge < -0.3 is 23.6 Å². The molecular formula is C32H43N5O6. The summed E-state index contributed by atoms with van der Waals surface area (Å²) in [6, 6.07) is 11.6. The van der Waals surface area contributed by atoms with E-state index in [2.05, 4.69) is 22.4 Å². The average molecular weight is 594 g/mol. The molecule has 2 amide bonds. The van der Waals surface area contributed by atoms with E-state index in [1.807, 2.05) is 36.4 Å². The molecule has 3 aromatic rings. The summed E-state index contributed by atoms with van der Waals surface area (Å²) in [5, 5.41) is 8.96. The summed E-state index contributed by atoms with van der Waals surface area (Å²) < 4.78 is 22.4. The number of guanidine groups is 1. The average Bonchev–Trinajstić information content (AvgIpc) is 3.58. The second-order valence-electron chi connectivity index (χ2n) is 12.6. The molecule has 43 heavy (non-hydrogen) atoms. The lowest BCUT2D eigenvalue weighted by molar-refractivity contribution is 0.0553. The number of nitrogens with one attached hydrogen (secondary N) is 1.